The first-order valence-electron chi connectivity index (χ1n) is 29.5. The Labute approximate surface area is 460 Å². The van der Waals surface area contributed by atoms with Crippen molar-refractivity contribution < 1.29 is 0 Å². The van der Waals surface area contributed by atoms with E-state index in [1.54, 1.807) is 0 Å². The zero-order chi connectivity index (χ0) is 52.9. The number of benzene rings is 9. The molecule has 5 heterocycles. The van der Waals surface area contributed by atoms with Crippen molar-refractivity contribution in [3.8, 4) is 44.9 Å². The second-order valence-electron chi connectivity index (χ2n) is 27.4. The summed E-state index contributed by atoms with van der Waals surface area (Å²) in [5.41, 5.74) is 33.4. The highest BCUT2D eigenvalue weighted by atomic mass is 15.1. The van der Waals surface area contributed by atoms with Crippen LogP contribution in [0.1, 0.15) is 151 Å². The molecular weight excluding hydrogens is 940 g/mol. The molecular formula is C75H67BN2. The van der Waals surface area contributed by atoms with Crippen molar-refractivity contribution in [2.24, 2.45) is 0 Å². The van der Waals surface area contributed by atoms with E-state index < -0.39 is 5.41 Å². The molecule has 11 aromatic rings. The molecule has 0 radical (unpaired) electrons. The molecule has 3 aliphatic carbocycles. The summed E-state index contributed by atoms with van der Waals surface area (Å²) in [4.78, 5) is 0. The number of hydrogen-bond acceptors (Lipinski definition) is 0. The van der Waals surface area contributed by atoms with Crippen molar-refractivity contribution in [2.45, 2.75) is 135 Å². The van der Waals surface area contributed by atoms with Crippen LogP contribution in [0.4, 0.5) is 0 Å². The third kappa shape index (κ3) is 5.34. The molecule has 0 atom stereocenters. The van der Waals surface area contributed by atoms with Gasteiger partial charge < -0.3 is 9.13 Å². The van der Waals surface area contributed by atoms with E-state index >= 15 is 0 Å². The van der Waals surface area contributed by atoms with Crippen LogP contribution in [0.5, 0.6) is 0 Å². The zero-order valence-electron chi connectivity index (χ0n) is 47.1. The first kappa shape index (κ1) is 45.6. The molecule has 380 valence electrons. The second-order valence-corrected chi connectivity index (χ2v) is 27.4. The Morgan fingerprint density at radius 2 is 0.962 bits per heavy atom. The summed E-state index contributed by atoms with van der Waals surface area (Å²) in [7, 11) is 0. The van der Waals surface area contributed by atoms with Gasteiger partial charge in [-0.2, -0.15) is 0 Å². The normalized spacial score (nSPS) is 18.3. The molecule has 6 aliphatic rings. The van der Waals surface area contributed by atoms with Gasteiger partial charge in [0, 0.05) is 38.6 Å². The van der Waals surface area contributed by atoms with E-state index in [1.165, 1.54) is 186 Å². The predicted octanol–water partition coefficient (Wildman–Crippen LogP) is 16.9. The van der Waals surface area contributed by atoms with Crippen molar-refractivity contribution in [1.29, 1.82) is 0 Å². The molecule has 78 heavy (non-hydrogen) atoms. The second kappa shape index (κ2) is 14.7. The fourth-order valence-electron chi connectivity index (χ4n) is 17.3. The number of aromatic nitrogens is 2. The summed E-state index contributed by atoms with van der Waals surface area (Å²) in [6.45, 7) is 24.6. The fraction of sp³-hybridized carbons (Fsp3) is 0.280. The van der Waals surface area contributed by atoms with E-state index in [-0.39, 0.29) is 28.4 Å². The summed E-state index contributed by atoms with van der Waals surface area (Å²) < 4.78 is 5.62. The Morgan fingerprint density at radius 1 is 0.423 bits per heavy atom. The van der Waals surface area contributed by atoms with Gasteiger partial charge in [-0.05, 0) is 189 Å². The van der Waals surface area contributed by atoms with Crippen molar-refractivity contribution in [2.75, 3.05) is 0 Å². The molecule has 0 bridgehead atoms. The minimum atomic E-state index is -0.523. The SMILES string of the molecule is CCc1cc2c3c(c1)c1cc(CC)cc4c1n3-c1c(ccc3c1B2c1cc2ccccc2c2c(-c5ccc6c(c5)C(C)(C)CCC6(C)C)c(-c5ccc6c(c5)C(C)(C)CCC6(C)C)n-3c12)C41c2ccccc2-c2ccccc21. The van der Waals surface area contributed by atoms with Gasteiger partial charge in [0.1, 0.15) is 0 Å². The summed E-state index contributed by atoms with van der Waals surface area (Å²) in [5, 5.41) is 6.81. The van der Waals surface area contributed by atoms with Gasteiger partial charge in [0.05, 0.1) is 22.1 Å². The maximum absolute atomic E-state index is 2.82. The van der Waals surface area contributed by atoms with Crippen molar-refractivity contribution in [3.63, 3.8) is 0 Å². The highest BCUT2D eigenvalue weighted by Crippen LogP contribution is 2.62. The van der Waals surface area contributed by atoms with Gasteiger partial charge in [0.2, 0.25) is 0 Å². The molecule has 0 saturated heterocycles. The average Bonchev–Trinajstić information content (AvgIpc) is 3.12. The van der Waals surface area contributed by atoms with Gasteiger partial charge >= 0.3 is 0 Å². The van der Waals surface area contributed by atoms with Crippen LogP contribution in [-0.2, 0) is 39.9 Å². The lowest BCUT2D eigenvalue weighted by molar-refractivity contribution is 0.332. The molecule has 17 rings (SSSR count). The quantitative estimate of drug-likeness (QED) is 0.156. The molecule has 2 nitrogen and oxygen atoms in total. The van der Waals surface area contributed by atoms with Crippen LogP contribution >= 0.6 is 0 Å². The number of fused-ring (bicyclic) bond motifs is 15. The minimum absolute atomic E-state index is 0.00126. The summed E-state index contributed by atoms with van der Waals surface area (Å²) in [5.74, 6) is 0. The van der Waals surface area contributed by atoms with Crippen LogP contribution in [-0.4, -0.2) is 15.8 Å². The highest BCUT2D eigenvalue weighted by Gasteiger charge is 2.55. The monoisotopic (exact) mass is 1010 g/mol. The topological polar surface area (TPSA) is 9.86 Å². The Kier molecular flexibility index (Phi) is 8.58. The van der Waals surface area contributed by atoms with E-state index in [0.717, 1.165) is 12.8 Å². The molecule has 0 saturated carbocycles. The van der Waals surface area contributed by atoms with Crippen LogP contribution in [0, 0.1) is 0 Å². The Balaban J connectivity index is 1.10. The van der Waals surface area contributed by atoms with Crippen LogP contribution < -0.4 is 16.4 Å². The van der Waals surface area contributed by atoms with Crippen molar-refractivity contribution >= 4 is 66.6 Å². The van der Waals surface area contributed by atoms with E-state index in [4.69, 9.17) is 0 Å². The van der Waals surface area contributed by atoms with Gasteiger partial charge in [-0.1, -0.05) is 197 Å². The minimum Gasteiger partial charge on any atom is -0.310 e. The molecule has 0 unspecified atom stereocenters. The van der Waals surface area contributed by atoms with E-state index in [2.05, 4.69) is 230 Å². The number of nitrogens with zero attached hydrogens (tertiary/aromatic N) is 2. The number of rotatable bonds is 4. The third-order valence-electron chi connectivity index (χ3n) is 21.5. The first-order valence-corrected chi connectivity index (χ1v) is 29.5. The highest BCUT2D eigenvalue weighted by molar-refractivity contribution is 7.00. The van der Waals surface area contributed by atoms with Gasteiger partial charge in [-0.3, -0.25) is 0 Å². The predicted molar refractivity (Wildman–Crippen MR) is 331 cm³/mol. The van der Waals surface area contributed by atoms with Crippen LogP contribution in [0.25, 0.3) is 88.4 Å². The summed E-state index contributed by atoms with van der Waals surface area (Å²) in [6.07, 6.45) is 6.67. The molecule has 9 aromatic carbocycles. The Morgan fingerprint density at radius 3 is 1.62 bits per heavy atom. The summed E-state index contributed by atoms with van der Waals surface area (Å²) in [6, 6.07) is 61.9. The molecule has 3 aliphatic heterocycles. The molecule has 0 N–H and O–H groups in total. The lowest BCUT2D eigenvalue weighted by atomic mass is 9.33. The maximum Gasteiger partial charge on any atom is 0.252 e. The van der Waals surface area contributed by atoms with Gasteiger partial charge in [-0.25, -0.2) is 0 Å². The number of aryl methyl sites for hydroxylation is 2. The van der Waals surface area contributed by atoms with Crippen LogP contribution in [0.3, 0.4) is 0 Å². The fourth-order valence-corrected chi connectivity index (χ4v) is 17.3. The van der Waals surface area contributed by atoms with Crippen molar-refractivity contribution in [1.82, 2.24) is 9.13 Å². The van der Waals surface area contributed by atoms with Crippen molar-refractivity contribution in [3.05, 3.63) is 207 Å². The standard InChI is InChI=1S/C75H67BN2/c1-11-42-35-50-51-36-43(12-2)38-60-68(51)78-67(50)59(37-42)75(52-23-17-15-21-48(52)49-22-16-18-24-53(49)75)56-29-30-62-65(69(56)78)76(60)61-41-44-19-13-14-20-47(44)64-63(45-25-27-54-57(39-45)73(7,8)33-31-71(54,3)4)66(77(62)70(61)64)46-26-28-55-58(40-46)74(9,10)34-32-72(55,5)6/h13-30,35-41H,11-12,31-34H2,1-10H3. The molecule has 1 spiro atoms. The molecule has 3 heteroatoms. The zero-order valence-corrected chi connectivity index (χ0v) is 47.1. The largest absolute Gasteiger partial charge is 0.310 e. The molecule has 0 amide bonds. The van der Waals surface area contributed by atoms with Gasteiger partial charge in [0.15, 0.2) is 0 Å². The first-order chi connectivity index (χ1) is 37.6. The Hall–Kier alpha value is -7.36. The van der Waals surface area contributed by atoms with Crippen LogP contribution in [0.15, 0.2) is 152 Å². The molecule has 2 aromatic heterocycles. The average molecular weight is 1010 g/mol. The van der Waals surface area contributed by atoms with E-state index in [1.807, 2.05) is 0 Å². The molecule has 0 fully saturated rings. The van der Waals surface area contributed by atoms with Gasteiger partial charge in [0.25, 0.3) is 6.71 Å². The smallest absolute Gasteiger partial charge is 0.252 e. The van der Waals surface area contributed by atoms with Gasteiger partial charge in [-0.15, -0.1) is 0 Å². The lowest BCUT2D eigenvalue weighted by Gasteiger charge is -2.44. The lowest BCUT2D eigenvalue weighted by Crippen LogP contribution is -2.60. The van der Waals surface area contributed by atoms with E-state index in [0.29, 0.717) is 0 Å². The third-order valence-corrected chi connectivity index (χ3v) is 21.5. The van der Waals surface area contributed by atoms with E-state index in [9.17, 15) is 0 Å². The van der Waals surface area contributed by atoms with Crippen LogP contribution in [0.2, 0.25) is 0 Å². The number of hydrogen-bond donors (Lipinski definition) is 0. The maximum atomic E-state index is 2.82. The Bertz CT molecular complexity index is 4550. The summed E-state index contributed by atoms with van der Waals surface area (Å²) >= 11 is 0.